The molecule has 6 rings (SSSR count). The van der Waals surface area contributed by atoms with Crippen molar-refractivity contribution < 1.29 is 9.53 Å². The first-order chi connectivity index (χ1) is 23.0. The number of hydrogen-bond acceptors (Lipinski definition) is 4. The number of rotatable bonds is 8. The molecule has 258 valence electrons. The van der Waals surface area contributed by atoms with Crippen LogP contribution in [0.4, 0.5) is 11.4 Å². The second-order valence-electron chi connectivity index (χ2n) is 11.8. The number of fused-ring (bicyclic) bond motifs is 2. The summed E-state index contributed by atoms with van der Waals surface area (Å²) in [5, 5.41) is 4.40. The number of esters is 1. The lowest BCUT2D eigenvalue weighted by Crippen LogP contribution is -2.31. The highest BCUT2D eigenvalue weighted by Crippen LogP contribution is 2.50. The maximum Gasteiger partial charge on any atom is 0.338 e. The molecule has 3 aliphatic rings. The van der Waals surface area contributed by atoms with Crippen LogP contribution in [-0.2, 0) is 4.74 Å². The SMILES string of the molecule is BrCCCCCBr.CC.CC.COC(=O)c1ccc(N2CCCCC2)c2cc(-c3cc(Br)c4c(c3N3CCCCC3)C(C)=C4)ccc12. The molecule has 0 bridgehead atoms. The van der Waals surface area contributed by atoms with Crippen LogP contribution in [0.5, 0.6) is 0 Å². The molecule has 2 fully saturated rings. The van der Waals surface area contributed by atoms with Crippen LogP contribution >= 0.6 is 47.8 Å². The number of halogens is 3. The molecule has 2 aliphatic heterocycles. The van der Waals surface area contributed by atoms with Gasteiger partial charge in [-0.2, -0.15) is 0 Å². The lowest BCUT2D eigenvalue weighted by molar-refractivity contribution is 0.0603. The largest absolute Gasteiger partial charge is 0.465 e. The third-order valence-corrected chi connectivity index (χ3v) is 10.7. The van der Waals surface area contributed by atoms with E-state index in [1.165, 1.54) is 104 Å². The maximum atomic E-state index is 12.6. The van der Waals surface area contributed by atoms with Crippen LogP contribution in [0.15, 0.2) is 40.9 Å². The summed E-state index contributed by atoms with van der Waals surface area (Å²) in [6, 6.07) is 13.0. The number of carbonyl (C=O) groups is 1. The molecule has 0 N–H and O–H groups in total. The van der Waals surface area contributed by atoms with Crippen molar-refractivity contribution in [1.82, 2.24) is 0 Å². The van der Waals surface area contributed by atoms with Crippen molar-refractivity contribution in [2.45, 2.75) is 92.4 Å². The van der Waals surface area contributed by atoms with E-state index in [-0.39, 0.29) is 5.97 Å². The maximum absolute atomic E-state index is 12.6. The molecule has 4 nitrogen and oxygen atoms in total. The molecule has 1 aliphatic carbocycles. The van der Waals surface area contributed by atoms with Crippen molar-refractivity contribution in [3.05, 3.63) is 57.6 Å². The van der Waals surface area contributed by atoms with Crippen molar-refractivity contribution in [3.8, 4) is 11.1 Å². The Kier molecular flexibility index (Phi) is 17.4. The van der Waals surface area contributed by atoms with Gasteiger partial charge in [-0.05, 0) is 111 Å². The van der Waals surface area contributed by atoms with Gasteiger partial charge in [0.2, 0.25) is 0 Å². The minimum atomic E-state index is -0.281. The van der Waals surface area contributed by atoms with Gasteiger partial charge in [0.1, 0.15) is 0 Å². The summed E-state index contributed by atoms with van der Waals surface area (Å²) in [5.74, 6) is -0.281. The summed E-state index contributed by atoms with van der Waals surface area (Å²) < 4.78 is 6.29. The van der Waals surface area contributed by atoms with Crippen molar-refractivity contribution in [1.29, 1.82) is 0 Å². The summed E-state index contributed by atoms with van der Waals surface area (Å²) in [6.45, 7) is 14.6. The fraction of sp³-hybridized carbons (Fsp3) is 0.525. The zero-order chi connectivity index (χ0) is 34.3. The highest BCUT2D eigenvalue weighted by molar-refractivity contribution is 9.10. The van der Waals surface area contributed by atoms with E-state index in [1.54, 1.807) is 0 Å². The molecule has 47 heavy (non-hydrogen) atoms. The van der Waals surface area contributed by atoms with Gasteiger partial charge in [-0.1, -0.05) is 94.0 Å². The molecule has 3 aromatic rings. The minimum absolute atomic E-state index is 0.281. The number of unbranched alkanes of at least 4 members (excludes halogenated alkanes) is 2. The third-order valence-electron chi connectivity index (χ3n) is 8.89. The average molecular weight is 836 g/mol. The van der Waals surface area contributed by atoms with E-state index in [1.807, 2.05) is 33.8 Å². The summed E-state index contributed by atoms with van der Waals surface area (Å²) in [7, 11) is 1.46. The van der Waals surface area contributed by atoms with E-state index < -0.39 is 0 Å². The Balaban J connectivity index is 0.000000480. The molecule has 2 saturated heterocycles. The molecule has 0 amide bonds. The highest BCUT2D eigenvalue weighted by atomic mass is 79.9. The normalized spacial score (nSPS) is 15.0. The first kappa shape index (κ1) is 39.6. The van der Waals surface area contributed by atoms with E-state index in [2.05, 4.69) is 101 Å². The number of piperidine rings is 2. The molecular weight excluding hydrogens is 780 g/mol. The second kappa shape index (κ2) is 20.6. The van der Waals surface area contributed by atoms with Crippen LogP contribution in [0.25, 0.3) is 33.5 Å². The van der Waals surface area contributed by atoms with Crippen molar-refractivity contribution in [2.75, 3.05) is 53.7 Å². The summed E-state index contributed by atoms with van der Waals surface area (Å²) in [5.41, 5.74) is 9.76. The fourth-order valence-corrected chi connectivity index (χ4v) is 7.97. The van der Waals surface area contributed by atoms with Crippen LogP contribution in [0.1, 0.15) is 114 Å². The predicted molar refractivity (Wildman–Crippen MR) is 218 cm³/mol. The first-order valence-corrected chi connectivity index (χ1v) is 20.8. The van der Waals surface area contributed by atoms with Gasteiger partial charge in [-0.3, -0.25) is 0 Å². The lowest BCUT2D eigenvalue weighted by atomic mass is 9.83. The van der Waals surface area contributed by atoms with Crippen LogP contribution in [0, 0.1) is 0 Å². The summed E-state index contributed by atoms with van der Waals surface area (Å²) >= 11 is 10.6. The van der Waals surface area contributed by atoms with Gasteiger partial charge in [0.15, 0.2) is 0 Å². The number of hydrogen-bond donors (Lipinski definition) is 0. The van der Waals surface area contributed by atoms with Gasteiger partial charge in [-0.25, -0.2) is 4.79 Å². The van der Waals surface area contributed by atoms with E-state index in [0.717, 1.165) is 52.1 Å². The standard InChI is InChI=1S/C31H33BrN2O2.C5H10Br2.2C2H6/c1-20-17-26-27(32)19-24(30(29(20)26)34-15-7-4-8-16-34)21-9-10-22-23(31(35)36-2)11-12-28(25(22)18-21)33-13-5-3-6-14-33;6-4-2-1-3-5-7;2*1-2/h9-12,17-19H,3-8,13-16H2,1-2H3;1-5H2;2*1-2H3. The lowest BCUT2D eigenvalue weighted by Gasteiger charge is -2.36. The predicted octanol–water partition coefficient (Wildman–Crippen LogP) is 12.9. The number of methoxy groups -OCH3 is 1. The Bertz CT molecular complexity index is 1470. The van der Waals surface area contributed by atoms with Crippen LogP contribution in [-0.4, -0.2) is 49.9 Å². The molecule has 0 aromatic heterocycles. The summed E-state index contributed by atoms with van der Waals surface area (Å²) in [4.78, 5) is 17.7. The molecule has 0 unspecified atom stereocenters. The molecule has 0 saturated carbocycles. The third kappa shape index (κ3) is 9.66. The Labute approximate surface area is 310 Å². The van der Waals surface area contributed by atoms with Crippen molar-refractivity contribution in [2.24, 2.45) is 0 Å². The molecule has 3 aromatic carbocycles. The Hall–Kier alpha value is -1.83. The smallest absolute Gasteiger partial charge is 0.338 e. The van der Waals surface area contributed by atoms with Gasteiger partial charge in [0.05, 0.1) is 18.4 Å². The first-order valence-electron chi connectivity index (χ1n) is 17.8. The Morgan fingerprint density at radius 2 is 1.36 bits per heavy atom. The quantitative estimate of drug-likeness (QED) is 0.129. The van der Waals surface area contributed by atoms with Gasteiger partial charge in [0.25, 0.3) is 0 Å². The average Bonchev–Trinajstić information content (AvgIpc) is 3.13. The van der Waals surface area contributed by atoms with Gasteiger partial charge >= 0.3 is 5.97 Å². The molecule has 2 heterocycles. The zero-order valence-electron chi connectivity index (χ0n) is 29.5. The number of nitrogens with zero attached hydrogens (tertiary/aromatic N) is 2. The number of alkyl halides is 2. The molecule has 0 atom stereocenters. The van der Waals surface area contributed by atoms with Crippen molar-refractivity contribution >= 4 is 87.6 Å². The molecule has 0 spiro atoms. The van der Waals surface area contributed by atoms with Crippen LogP contribution < -0.4 is 9.80 Å². The van der Waals surface area contributed by atoms with Crippen LogP contribution in [0.2, 0.25) is 0 Å². The van der Waals surface area contributed by atoms with Gasteiger partial charge < -0.3 is 14.5 Å². The molecule has 0 radical (unpaired) electrons. The molecule has 7 heteroatoms. The number of carbonyl (C=O) groups excluding carboxylic acids is 1. The number of anilines is 2. The van der Waals surface area contributed by atoms with Crippen LogP contribution in [0.3, 0.4) is 0 Å². The number of allylic oxidation sites excluding steroid dienone is 1. The Morgan fingerprint density at radius 3 is 1.91 bits per heavy atom. The highest BCUT2D eigenvalue weighted by Gasteiger charge is 2.28. The second-order valence-corrected chi connectivity index (χ2v) is 14.2. The zero-order valence-corrected chi connectivity index (χ0v) is 34.3. The van der Waals surface area contributed by atoms with Gasteiger partial charge in [0, 0.05) is 63.5 Å². The monoisotopic (exact) mass is 832 g/mol. The van der Waals surface area contributed by atoms with Gasteiger partial charge in [-0.15, -0.1) is 0 Å². The topological polar surface area (TPSA) is 32.8 Å². The van der Waals surface area contributed by atoms with E-state index in [4.69, 9.17) is 4.74 Å². The van der Waals surface area contributed by atoms with E-state index in [0.29, 0.717) is 5.56 Å². The number of ether oxygens (including phenoxy) is 1. The minimum Gasteiger partial charge on any atom is -0.465 e. The molecular formula is C40H55Br3N2O2. The number of benzene rings is 3. The fourth-order valence-electron chi connectivity index (χ4n) is 6.64. The summed E-state index contributed by atoms with van der Waals surface area (Å²) in [6.07, 6.45) is 13.8. The van der Waals surface area contributed by atoms with E-state index >= 15 is 0 Å². The van der Waals surface area contributed by atoms with E-state index in [9.17, 15) is 4.79 Å². The Morgan fingerprint density at radius 1 is 0.766 bits per heavy atom. The van der Waals surface area contributed by atoms with Crippen molar-refractivity contribution in [3.63, 3.8) is 0 Å².